The molecule has 0 radical (unpaired) electrons. The quantitative estimate of drug-likeness (QED) is 0.611. The van der Waals surface area contributed by atoms with Gasteiger partial charge in [0.25, 0.3) is 5.91 Å². The Labute approximate surface area is 167 Å². The number of amides is 1. The number of hydrogen-bond donors (Lipinski definition) is 2. The van der Waals surface area contributed by atoms with Gasteiger partial charge in [-0.1, -0.05) is 6.07 Å². The predicted octanol–water partition coefficient (Wildman–Crippen LogP) is 3.04. The van der Waals surface area contributed by atoms with E-state index in [-0.39, 0.29) is 16.3 Å². The maximum atomic E-state index is 12.6. The van der Waals surface area contributed by atoms with Crippen molar-refractivity contribution in [1.29, 1.82) is 0 Å². The van der Waals surface area contributed by atoms with Crippen LogP contribution < -0.4 is 10.1 Å². The summed E-state index contributed by atoms with van der Waals surface area (Å²) in [6.07, 6.45) is 0. The predicted molar refractivity (Wildman–Crippen MR) is 108 cm³/mol. The summed E-state index contributed by atoms with van der Waals surface area (Å²) in [6.45, 7) is 2.09. The van der Waals surface area contributed by atoms with Crippen molar-refractivity contribution in [3.05, 3.63) is 47.5 Å². The highest BCUT2D eigenvalue weighted by molar-refractivity contribution is 7.89. The summed E-state index contributed by atoms with van der Waals surface area (Å²) in [5.41, 5.74) is 1.27. The molecule has 0 unspecified atom stereocenters. The van der Waals surface area contributed by atoms with E-state index >= 15 is 0 Å². The summed E-state index contributed by atoms with van der Waals surface area (Å²) in [5.74, 6) is -0.217. The molecular formula is C18H20N4O4S2. The van der Waals surface area contributed by atoms with E-state index in [2.05, 4.69) is 15.5 Å². The minimum absolute atomic E-state index is 0.0153. The lowest BCUT2D eigenvalue weighted by molar-refractivity contribution is 0.102. The van der Waals surface area contributed by atoms with Gasteiger partial charge in [0.2, 0.25) is 10.0 Å². The maximum absolute atomic E-state index is 12.6. The fraction of sp³-hybridized carbons (Fsp3) is 0.222. The fourth-order valence-corrected chi connectivity index (χ4v) is 4.19. The molecular weight excluding hydrogens is 400 g/mol. The van der Waals surface area contributed by atoms with Gasteiger partial charge in [-0.3, -0.25) is 9.89 Å². The molecule has 0 aliphatic carbocycles. The lowest BCUT2D eigenvalue weighted by Gasteiger charge is -2.16. The zero-order chi connectivity index (χ0) is 20.3. The van der Waals surface area contributed by atoms with Gasteiger partial charge < -0.3 is 10.1 Å². The van der Waals surface area contributed by atoms with Crippen LogP contribution in [0, 0.1) is 0 Å². The van der Waals surface area contributed by atoms with Crippen LogP contribution in [0.4, 0.5) is 5.69 Å². The molecule has 28 heavy (non-hydrogen) atoms. The highest BCUT2D eigenvalue weighted by atomic mass is 32.2. The Morgan fingerprint density at radius 2 is 2.07 bits per heavy atom. The Morgan fingerprint density at radius 1 is 1.29 bits per heavy atom. The summed E-state index contributed by atoms with van der Waals surface area (Å²) < 4.78 is 31.7. The first-order valence-electron chi connectivity index (χ1n) is 8.43. The number of benzene rings is 1. The Hall–Kier alpha value is -2.69. The van der Waals surface area contributed by atoms with Gasteiger partial charge in [-0.15, -0.1) is 11.3 Å². The number of aromatic amines is 1. The zero-order valence-electron chi connectivity index (χ0n) is 15.6. The summed E-state index contributed by atoms with van der Waals surface area (Å²) in [7, 11) is -0.868. The SMILES string of the molecule is CCOc1ccc(NC(=O)c2cc(-c3cccs3)[nH]n2)cc1S(=O)(=O)N(C)C. The molecule has 0 saturated carbocycles. The van der Waals surface area contributed by atoms with Crippen molar-refractivity contribution in [2.24, 2.45) is 0 Å². The van der Waals surface area contributed by atoms with E-state index in [9.17, 15) is 13.2 Å². The van der Waals surface area contributed by atoms with Gasteiger partial charge in [-0.05, 0) is 42.6 Å². The van der Waals surface area contributed by atoms with Gasteiger partial charge in [-0.2, -0.15) is 5.10 Å². The van der Waals surface area contributed by atoms with Crippen LogP contribution in [0.1, 0.15) is 17.4 Å². The number of ether oxygens (including phenoxy) is 1. The van der Waals surface area contributed by atoms with E-state index in [1.165, 1.54) is 37.6 Å². The second-order valence-electron chi connectivity index (χ2n) is 5.98. The topological polar surface area (TPSA) is 104 Å². The minimum Gasteiger partial charge on any atom is -0.492 e. The third-order valence-electron chi connectivity index (χ3n) is 3.86. The molecule has 0 aliphatic rings. The van der Waals surface area contributed by atoms with Crippen LogP contribution in [0.3, 0.4) is 0 Å². The minimum atomic E-state index is -3.74. The van der Waals surface area contributed by atoms with E-state index in [1.807, 2.05) is 17.5 Å². The average Bonchev–Trinajstić information content (AvgIpc) is 3.34. The number of rotatable bonds is 7. The van der Waals surface area contributed by atoms with E-state index in [4.69, 9.17) is 4.74 Å². The largest absolute Gasteiger partial charge is 0.492 e. The van der Waals surface area contributed by atoms with Crippen molar-refractivity contribution in [1.82, 2.24) is 14.5 Å². The zero-order valence-corrected chi connectivity index (χ0v) is 17.2. The molecule has 148 valence electrons. The molecule has 2 heterocycles. The van der Waals surface area contributed by atoms with Crippen molar-refractivity contribution in [2.45, 2.75) is 11.8 Å². The molecule has 2 aromatic heterocycles. The molecule has 3 rings (SSSR count). The number of thiophene rings is 1. The second kappa shape index (κ2) is 8.13. The summed E-state index contributed by atoms with van der Waals surface area (Å²) in [6, 6.07) is 9.97. The third kappa shape index (κ3) is 4.08. The molecule has 0 atom stereocenters. The molecule has 3 aromatic rings. The Balaban J connectivity index is 1.87. The van der Waals surface area contributed by atoms with Crippen LogP contribution in [-0.2, 0) is 10.0 Å². The maximum Gasteiger partial charge on any atom is 0.276 e. The van der Waals surface area contributed by atoms with Gasteiger partial charge in [0, 0.05) is 19.8 Å². The van der Waals surface area contributed by atoms with Gasteiger partial charge >= 0.3 is 0 Å². The number of H-pyrrole nitrogens is 1. The molecule has 0 aliphatic heterocycles. The first-order valence-corrected chi connectivity index (χ1v) is 10.7. The number of carbonyl (C=O) groups excluding carboxylic acids is 1. The third-order valence-corrected chi connectivity index (χ3v) is 6.60. The Kier molecular flexibility index (Phi) is 5.82. The molecule has 1 amide bonds. The highest BCUT2D eigenvalue weighted by Gasteiger charge is 2.23. The molecule has 8 nitrogen and oxygen atoms in total. The lowest BCUT2D eigenvalue weighted by Crippen LogP contribution is -2.23. The second-order valence-corrected chi connectivity index (χ2v) is 9.05. The van der Waals surface area contributed by atoms with Gasteiger partial charge in [0.05, 0.1) is 17.2 Å². The number of hydrogen-bond acceptors (Lipinski definition) is 6. The standard InChI is InChI=1S/C18H20N4O4S2/c1-4-26-15-8-7-12(10-17(15)28(24,25)22(2)3)19-18(23)14-11-13(20-21-14)16-6-5-9-27-16/h5-11H,4H2,1-3H3,(H,19,23)(H,20,21). The van der Waals surface area contributed by atoms with Crippen LogP contribution >= 0.6 is 11.3 Å². The first kappa shape index (κ1) is 20.1. The molecule has 0 bridgehead atoms. The summed E-state index contributed by atoms with van der Waals surface area (Å²) in [5, 5.41) is 11.5. The van der Waals surface area contributed by atoms with Gasteiger partial charge in [-0.25, -0.2) is 12.7 Å². The monoisotopic (exact) mass is 420 g/mol. The molecule has 1 aromatic carbocycles. The van der Waals surface area contributed by atoms with Gasteiger partial charge in [0.1, 0.15) is 10.6 Å². The molecule has 0 spiro atoms. The highest BCUT2D eigenvalue weighted by Crippen LogP contribution is 2.29. The molecule has 2 N–H and O–H groups in total. The molecule has 10 heteroatoms. The number of nitrogens with one attached hydrogen (secondary N) is 2. The van der Waals surface area contributed by atoms with Crippen molar-refractivity contribution in [3.63, 3.8) is 0 Å². The molecule has 0 saturated heterocycles. The van der Waals surface area contributed by atoms with Crippen molar-refractivity contribution in [3.8, 4) is 16.3 Å². The fourth-order valence-electron chi connectivity index (χ4n) is 2.45. The van der Waals surface area contributed by atoms with Crippen molar-refractivity contribution < 1.29 is 17.9 Å². The smallest absolute Gasteiger partial charge is 0.276 e. The van der Waals surface area contributed by atoms with Crippen molar-refractivity contribution >= 4 is 33.0 Å². The number of anilines is 1. The van der Waals surface area contributed by atoms with Gasteiger partial charge in [0.15, 0.2) is 5.69 Å². The number of nitrogens with zero attached hydrogens (tertiary/aromatic N) is 2. The van der Waals surface area contributed by atoms with Crippen LogP contribution in [0.15, 0.2) is 46.7 Å². The van der Waals surface area contributed by atoms with Crippen LogP contribution in [0.2, 0.25) is 0 Å². The van der Waals surface area contributed by atoms with E-state index in [0.717, 1.165) is 14.9 Å². The summed E-state index contributed by atoms with van der Waals surface area (Å²) >= 11 is 1.53. The summed E-state index contributed by atoms with van der Waals surface area (Å²) in [4.78, 5) is 13.5. The molecule has 0 fully saturated rings. The Morgan fingerprint density at radius 3 is 2.71 bits per heavy atom. The lowest BCUT2D eigenvalue weighted by atomic mass is 10.2. The normalized spacial score (nSPS) is 11.6. The Bertz CT molecular complexity index is 1070. The number of carbonyl (C=O) groups is 1. The van der Waals surface area contributed by atoms with Crippen molar-refractivity contribution in [2.75, 3.05) is 26.0 Å². The van der Waals surface area contributed by atoms with E-state index < -0.39 is 15.9 Å². The number of sulfonamides is 1. The van der Waals surface area contributed by atoms with Crippen LogP contribution in [0.25, 0.3) is 10.6 Å². The average molecular weight is 421 g/mol. The number of aromatic nitrogens is 2. The van der Waals surface area contributed by atoms with E-state index in [1.54, 1.807) is 19.1 Å². The van der Waals surface area contributed by atoms with Crippen LogP contribution in [-0.4, -0.2) is 49.5 Å². The van der Waals surface area contributed by atoms with E-state index in [0.29, 0.717) is 12.3 Å². The first-order chi connectivity index (χ1) is 13.3. The van der Waals surface area contributed by atoms with Crippen LogP contribution in [0.5, 0.6) is 5.75 Å².